The molecule has 1 spiro atoms. The predicted octanol–water partition coefficient (Wildman–Crippen LogP) is 2.90. The highest BCUT2D eigenvalue weighted by Crippen LogP contribution is 2.53. The minimum atomic E-state index is -0.342. The Bertz CT molecular complexity index is 791. The summed E-state index contributed by atoms with van der Waals surface area (Å²) in [6, 6.07) is 18.8. The molecule has 24 heavy (non-hydrogen) atoms. The van der Waals surface area contributed by atoms with Gasteiger partial charge in [-0.25, -0.2) is 0 Å². The van der Waals surface area contributed by atoms with Crippen molar-refractivity contribution in [3.05, 3.63) is 65.7 Å². The third-order valence-corrected chi connectivity index (χ3v) is 5.67. The molecule has 0 bridgehead atoms. The SMILES string of the molecule is O=C1CC[C@@]23c4ccccc4N[C@@H]2OC[C@H](Cc2ccccc2)N13. The molecule has 2 aromatic carbocycles. The summed E-state index contributed by atoms with van der Waals surface area (Å²) in [6.45, 7) is 0.577. The van der Waals surface area contributed by atoms with Gasteiger partial charge in [-0.3, -0.25) is 4.79 Å². The van der Waals surface area contributed by atoms with E-state index in [4.69, 9.17) is 4.74 Å². The van der Waals surface area contributed by atoms with Crippen LogP contribution in [-0.2, 0) is 21.5 Å². The Morgan fingerprint density at radius 3 is 2.79 bits per heavy atom. The average molecular weight is 320 g/mol. The van der Waals surface area contributed by atoms with E-state index in [1.54, 1.807) is 0 Å². The number of carbonyl (C=O) groups is 1. The Labute approximate surface area is 141 Å². The fourth-order valence-corrected chi connectivity index (χ4v) is 4.70. The highest BCUT2D eigenvalue weighted by Gasteiger charge is 2.61. The first-order valence-electron chi connectivity index (χ1n) is 8.63. The van der Waals surface area contributed by atoms with Gasteiger partial charge in [-0.15, -0.1) is 0 Å². The van der Waals surface area contributed by atoms with Crippen LogP contribution in [0.1, 0.15) is 24.0 Å². The van der Waals surface area contributed by atoms with Crippen LogP contribution in [0.15, 0.2) is 54.6 Å². The lowest BCUT2D eigenvalue weighted by Crippen LogP contribution is -2.62. The lowest BCUT2D eigenvalue weighted by Gasteiger charge is -2.48. The summed E-state index contributed by atoms with van der Waals surface area (Å²) in [6.07, 6.45) is 2.13. The molecule has 4 nitrogen and oxygen atoms in total. The van der Waals surface area contributed by atoms with Gasteiger partial charge in [0.2, 0.25) is 5.91 Å². The third kappa shape index (κ3) is 1.80. The molecule has 1 N–H and O–H groups in total. The minimum absolute atomic E-state index is 0.0895. The quantitative estimate of drug-likeness (QED) is 0.925. The predicted molar refractivity (Wildman–Crippen MR) is 91.5 cm³/mol. The van der Waals surface area contributed by atoms with Gasteiger partial charge in [-0.05, 0) is 24.5 Å². The van der Waals surface area contributed by atoms with Crippen molar-refractivity contribution < 1.29 is 9.53 Å². The zero-order valence-electron chi connectivity index (χ0n) is 13.4. The van der Waals surface area contributed by atoms with Gasteiger partial charge in [0.1, 0.15) is 5.54 Å². The molecule has 122 valence electrons. The Hall–Kier alpha value is -2.33. The summed E-state index contributed by atoms with van der Waals surface area (Å²) in [5.74, 6) is 0.253. The molecule has 0 aliphatic carbocycles. The van der Waals surface area contributed by atoms with Gasteiger partial charge >= 0.3 is 0 Å². The number of carbonyl (C=O) groups excluding carboxylic acids is 1. The fraction of sp³-hybridized carbons (Fsp3) is 0.350. The second-order valence-electron chi connectivity index (χ2n) is 6.93. The number of hydrogen-bond donors (Lipinski definition) is 1. The van der Waals surface area contributed by atoms with E-state index in [-0.39, 0.29) is 23.7 Å². The van der Waals surface area contributed by atoms with Crippen LogP contribution in [0.3, 0.4) is 0 Å². The molecular formula is C20H20N2O2. The molecule has 3 atom stereocenters. The van der Waals surface area contributed by atoms with Crippen LogP contribution in [0.4, 0.5) is 5.69 Å². The zero-order valence-corrected chi connectivity index (χ0v) is 13.4. The summed E-state index contributed by atoms with van der Waals surface area (Å²) >= 11 is 0. The number of para-hydroxylation sites is 1. The number of amides is 1. The minimum Gasteiger partial charge on any atom is -0.358 e. The molecule has 2 saturated heterocycles. The van der Waals surface area contributed by atoms with E-state index in [1.807, 2.05) is 12.1 Å². The molecule has 1 amide bonds. The van der Waals surface area contributed by atoms with Crippen molar-refractivity contribution in [2.75, 3.05) is 11.9 Å². The smallest absolute Gasteiger partial charge is 0.223 e. The van der Waals surface area contributed by atoms with Crippen molar-refractivity contribution >= 4 is 11.6 Å². The average Bonchev–Trinajstić information content (AvgIpc) is 3.14. The van der Waals surface area contributed by atoms with Crippen LogP contribution in [0.25, 0.3) is 0 Å². The van der Waals surface area contributed by atoms with E-state index < -0.39 is 0 Å². The molecule has 0 unspecified atom stereocenters. The molecular weight excluding hydrogens is 300 g/mol. The van der Waals surface area contributed by atoms with Crippen LogP contribution in [0.5, 0.6) is 0 Å². The van der Waals surface area contributed by atoms with Crippen molar-refractivity contribution in [2.45, 2.75) is 37.1 Å². The maximum atomic E-state index is 12.8. The van der Waals surface area contributed by atoms with Crippen LogP contribution in [-0.4, -0.2) is 29.7 Å². The van der Waals surface area contributed by atoms with Crippen LogP contribution in [0, 0.1) is 0 Å². The van der Waals surface area contributed by atoms with Crippen molar-refractivity contribution in [1.82, 2.24) is 4.90 Å². The van der Waals surface area contributed by atoms with Gasteiger partial charge in [0.15, 0.2) is 6.23 Å². The first kappa shape index (κ1) is 14.1. The first-order chi connectivity index (χ1) is 11.8. The molecule has 4 heteroatoms. The second kappa shape index (κ2) is 5.08. The maximum absolute atomic E-state index is 12.8. The van der Waals surface area contributed by atoms with Gasteiger partial charge in [0, 0.05) is 17.7 Å². The number of nitrogens with zero attached hydrogens (tertiary/aromatic N) is 1. The summed E-state index contributed by atoms with van der Waals surface area (Å²) in [5.41, 5.74) is 3.21. The third-order valence-electron chi connectivity index (χ3n) is 5.67. The highest BCUT2D eigenvalue weighted by molar-refractivity contribution is 5.83. The topological polar surface area (TPSA) is 41.6 Å². The van der Waals surface area contributed by atoms with Gasteiger partial charge in [0.05, 0.1) is 12.6 Å². The number of nitrogens with one attached hydrogen (secondary N) is 1. The molecule has 3 heterocycles. The van der Waals surface area contributed by atoms with E-state index >= 15 is 0 Å². The molecule has 3 aliphatic rings. The van der Waals surface area contributed by atoms with E-state index in [1.165, 1.54) is 11.1 Å². The van der Waals surface area contributed by atoms with Crippen molar-refractivity contribution in [1.29, 1.82) is 0 Å². The summed E-state index contributed by atoms with van der Waals surface area (Å²) in [7, 11) is 0. The van der Waals surface area contributed by atoms with E-state index in [0.717, 1.165) is 18.5 Å². The largest absolute Gasteiger partial charge is 0.358 e. The van der Waals surface area contributed by atoms with Gasteiger partial charge in [-0.2, -0.15) is 0 Å². The number of anilines is 1. The molecule has 5 rings (SSSR count). The van der Waals surface area contributed by atoms with Crippen molar-refractivity contribution in [3.63, 3.8) is 0 Å². The Morgan fingerprint density at radius 1 is 1.12 bits per heavy atom. The fourth-order valence-electron chi connectivity index (χ4n) is 4.70. The molecule has 2 fully saturated rings. The Balaban J connectivity index is 1.57. The summed E-state index contributed by atoms with van der Waals surface area (Å²) in [4.78, 5) is 14.9. The molecule has 2 aromatic rings. The number of benzene rings is 2. The first-order valence-corrected chi connectivity index (χ1v) is 8.63. The lowest BCUT2D eigenvalue weighted by molar-refractivity contribution is -0.159. The Kier molecular flexibility index (Phi) is 2.98. The summed E-state index contributed by atoms with van der Waals surface area (Å²) in [5, 5.41) is 3.49. The number of rotatable bonds is 2. The molecule has 0 saturated carbocycles. The highest BCUT2D eigenvalue weighted by atomic mass is 16.5. The van der Waals surface area contributed by atoms with Gasteiger partial charge in [0.25, 0.3) is 0 Å². The standard InChI is InChI=1S/C20H20N2O2/c23-18-10-11-20-16-8-4-5-9-17(16)21-19(20)24-13-15(22(18)20)12-14-6-2-1-3-7-14/h1-9,15,19,21H,10-13H2/t15-,19+,20+/m0/s1. The van der Waals surface area contributed by atoms with Crippen molar-refractivity contribution in [3.8, 4) is 0 Å². The monoisotopic (exact) mass is 320 g/mol. The van der Waals surface area contributed by atoms with Gasteiger partial charge in [-0.1, -0.05) is 48.5 Å². The Morgan fingerprint density at radius 2 is 1.92 bits per heavy atom. The van der Waals surface area contributed by atoms with Gasteiger partial charge < -0.3 is 15.0 Å². The maximum Gasteiger partial charge on any atom is 0.223 e. The van der Waals surface area contributed by atoms with E-state index in [9.17, 15) is 4.79 Å². The van der Waals surface area contributed by atoms with Crippen molar-refractivity contribution in [2.24, 2.45) is 0 Å². The van der Waals surface area contributed by atoms with Crippen LogP contribution >= 0.6 is 0 Å². The molecule has 3 aliphatic heterocycles. The number of ether oxygens (including phenoxy) is 1. The summed E-state index contributed by atoms with van der Waals surface area (Å²) < 4.78 is 6.22. The van der Waals surface area contributed by atoms with E-state index in [2.05, 4.69) is 52.7 Å². The number of hydrogen-bond acceptors (Lipinski definition) is 3. The normalized spacial score (nSPS) is 30.5. The van der Waals surface area contributed by atoms with Crippen LogP contribution < -0.4 is 5.32 Å². The number of morpholine rings is 1. The van der Waals surface area contributed by atoms with Crippen LogP contribution in [0.2, 0.25) is 0 Å². The molecule has 0 aromatic heterocycles. The molecule has 0 radical (unpaired) electrons. The lowest BCUT2D eigenvalue weighted by atomic mass is 9.85. The number of fused-ring (bicyclic) bond motifs is 1. The second-order valence-corrected chi connectivity index (χ2v) is 6.93. The van der Waals surface area contributed by atoms with E-state index in [0.29, 0.717) is 13.0 Å². The zero-order chi connectivity index (χ0) is 16.1.